The number of hydrazone groups is 1. The lowest BCUT2D eigenvalue weighted by Gasteiger charge is -1.96. The molecule has 0 bridgehead atoms. The van der Waals surface area contributed by atoms with Gasteiger partial charge in [-0.25, -0.2) is 4.98 Å². The van der Waals surface area contributed by atoms with Crippen LogP contribution in [0.15, 0.2) is 59.3 Å². The average Bonchev–Trinajstić information content (AvgIpc) is 2.98. The van der Waals surface area contributed by atoms with Crippen molar-refractivity contribution < 1.29 is 0 Å². The molecule has 0 fully saturated rings. The average molecular weight is 315 g/mol. The third kappa shape index (κ3) is 3.65. The molecule has 0 aliphatic carbocycles. The Morgan fingerprint density at radius 3 is 2.81 bits per heavy atom. The van der Waals surface area contributed by atoms with Gasteiger partial charge in [-0.3, -0.25) is 10.4 Å². The van der Waals surface area contributed by atoms with E-state index in [0.717, 1.165) is 22.0 Å². The number of pyridine rings is 1. The minimum atomic E-state index is 0.716. The van der Waals surface area contributed by atoms with E-state index in [4.69, 9.17) is 11.6 Å². The fourth-order valence-electron chi connectivity index (χ4n) is 1.69. The number of aromatic nitrogens is 2. The number of nitrogens with zero attached hydrogens (tertiary/aromatic N) is 3. The number of benzene rings is 1. The van der Waals surface area contributed by atoms with Crippen LogP contribution in [0.1, 0.15) is 5.56 Å². The van der Waals surface area contributed by atoms with Gasteiger partial charge in [0.15, 0.2) is 0 Å². The molecule has 4 nitrogen and oxygen atoms in total. The van der Waals surface area contributed by atoms with Crippen molar-refractivity contribution in [2.24, 2.45) is 5.10 Å². The van der Waals surface area contributed by atoms with Gasteiger partial charge in [0.1, 0.15) is 0 Å². The van der Waals surface area contributed by atoms with Crippen LogP contribution in [-0.2, 0) is 0 Å². The van der Waals surface area contributed by atoms with Gasteiger partial charge in [0.25, 0.3) is 0 Å². The number of hydrogen-bond donors (Lipinski definition) is 1. The quantitative estimate of drug-likeness (QED) is 0.577. The van der Waals surface area contributed by atoms with Crippen molar-refractivity contribution in [3.05, 3.63) is 64.8 Å². The van der Waals surface area contributed by atoms with Gasteiger partial charge in [-0.05, 0) is 18.2 Å². The molecule has 3 aromatic rings. The van der Waals surface area contributed by atoms with Crippen LogP contribution in [0, 0.1) is 0 Å². The summed E-state index contributed by atoms with van der Waals surface area (Å²) in [7, 11) is 0. The highest BCUT2D eigenvalue weighted by molar-refractivity contribution is 7.14. The molecular weight excluding hydrogens is 304 g/mol. The summed E-state index contributed by atoms with van der Waals surface area (Å²) in [5.41, 5.74) is 5.77. The molecule has 2 aromatic heterocycles. The van der Waals surface area contributed by atoms with Crippen molar-refractivity contribution in [1.82, 2.24) is 9.97 Å². The van der Waals surface area contributed by atoms with Crippen molar-refractivity contribution >= 4 is 34.3 Å². The zero-order valence-electron chi connectivity index (χ0n) is 10.9. The van der Waals surface area contributed by atoms with Gasteiger partial charge in [0.05, 0.1) is 11.9 Å². The zero-order chi connectivity index (χ0) is 14.5. The molecule has 21 heavy (non-hydrogen) atoms. The molecule has 3 rings (SSSR count). The third-order valence-electron chi connectivity index (χ3n) is 2.70. The standard InChI is InChI=1S/C15H11ClN4S/c16-13-5-3-12(4-6-13)14-10-21-15(19-14)20-18-9-11-2-1-7-17-8-11/h1-10H,(H,19,20)/b18-9-. The Bertz CT molecular complexity index is 738. The molecule has 0 saturated carbocycles. The molecule has 1 aromatic carbocycles. The van der Waals surface area contributed by atoms with E-state index in [1.54, 1.807) is 18.6 Å². The Morgan fingerprint density at radius 2 is 2.05 bits per heavy atom. The van der Waals surface area contributed by atoms with Crippen LogP contribution in [0.3, 0.4) is 0 Å². The van der Waals surface area contributed by atoms with Gasteiger partial charge >= 0.3 is 0 Å². The molecule has 6 heteroatoms. The predicted molar refractivity (Wildman–Crippen MR) is 88.0 cm³/mol. The van der Waals surface area contributed by atoms with Gasteiger partial charge in [-0.2, -0.15) is 5.10 Å². The van der Waals surface area contributed by atoms with Crippen molar-refractivity contribution in [2.45, 2.75) is 0 Å². The number of halogens is 1. The van der Waals surface area contributed by atoms with Gasteiger partial charge < -0.3 is 0 Å². The highest BCUT2D eigenvalue weighted by Crippen LogP contribution is 2.25. The van der Waals surface area contributed by atoms with E-state index < -0.39 is 0 Å². The first-order chi connectivity index (χ1) is 10.3. The van der Waals surface area contributed by atoms with E-state index >= 15 is 0 Å². The number of anilines is 1. The molecule has 2 heterocycles. The van der Waals surface area contributed by atoms with Gasteiger partial charge in [-0.15, -0.1) is 11.3 Å². The molecule has 0 aliphatic rings. The van der Waals surface area contributed by atoms with E-state index in [2.05, 4.69) is 20.5 Å². The lowest BCUT2D eigenvalue weighted by Crippen LogP contribution is -1.90. The minimum Gasteiger partial charge on any atom is -0.264 e. The molecule has 0 spiro atoms. The first-order valence-electron chi connectivity index (χ1n) is 6.22. The molecule has 0 atom stereocenters. The van der Waals surface area contributed by atoms with E-state index in [1.165, 1.54) is 11.3 Å². The topological polar surface area (TPSA) is 50.2 Å². The summed E-state index contributed by atoms with van der Waals surface area (Å²) in [6, 6.07) is 11.4. The summed E-state index contributed by atoms with van der Waals surface area (Å²) >= 11 is 7.38. The number of thiazole rings is 1. The molecule has 104 valence electrons. The van der Waals surface area contributed by atoms with Crippen LogP contribution in [0.25, 0.3) is 11.3 Å². The van der Waals surface area contributed by atoms with E-state index in [1.807, 2.05) is 41.8 Å². The molecule has 0 radical (unpaired) electrons. The maximum absolute atomic E-state index is 5.88. The Morgan fingerprint density at radius 1 is 1.19 bits per heavy atom. The second-order valence-electron chi connectivity index (χ2n) is 4.20. The zero-order valence-corrected chi connectivity index (χ0v) is 12.5. The van der Waals surface area contributed by atoms with Gasteiger partial charge in [0, 0.05) is 33.9 Å². The Labute approximate surface area is 131 Å². The molecule has 0 unspecified atom stereocenters. The first kappa shape index (κ1) is 13.7. The fraction of sp³-hybridized carbons (Fsp3) is 0. The maximum atomic E-state index is 5.88. The Kier molecular flexibility index (Phi) is 4.23. The third-order valence-corrected chi connectivity index (χ3v) is 3.70. The molecule has 0 amide bonds. The lowest BCUT2D eigenvalue weighted by atomic mass is 10.2. The smallest absolute Gasteiger partial charge is 0.203 e. The highest BCUT2D eigenvalue weighted by atomic mass is 35.5. The first-order valence-corrected chi connectivity index (χ1v) is 7.47. The number of nitrogens with one attached hydrogen (secondary N) is 1. The summed E-state index contributed by atoms with van der Waals surface area (Å²) in [5.74, 6) is 0. The predicted octanol–water partition coefficient (Wildman–Crippen LogP) is 4.30. The van der Waals surface area contributed by atoms with Gasteiger partial charge in [-0.1, -0.05) is 29.8 Å². The summed E-state index contributed by atoms with van der Waals surface area (Å²) in [6.07, 6.45) is 5.17. The van der Waals surface area contributed by atoms with Crippen molar-refractivity contribution in [3.8, 4) is 11.3 Å². The van der Waals surface area contributed by atoms with Crippen molar-refractivity contribution in [2.75, 3.05) is 5.43 Å². The van der Waals surface area contributed by atoms with Crippen LogP contribution >= 0.6 is 22.9 Å². The fourth-order valence-corrected chi connectivity index (χ4v) is 2.49. The van der Waals surface area contributed by atoms with E-state index in [9.17, 15) is 0 Å². The SMILES string of the molecule is Clc1ccc(-c2csc(N/N=C\c3cccnc3)n2)cc1. The highest BCUT2D eigenvalue weighted by Gasteiger charge is 2.03. The van der Waals surface area contributed by atoms with Crippen molar-refractivity contribution in [1.29, 1.82) is 0 Å². The second-order valence-corrected chi connectivity index (χ2v) is 5.50. The van der Waals surface area contributed by atoms with Crippen LogP contribution in [0.2, 0.25) is 5.02 Å². The summed E-state index contributed by atoms with van der Waals surface area (Å²) in [5, 5.41) is 7.57. The van der Waals surface area contributed by atoms with Gasteiger partial charge in [0.2, 0.25) is 5.13 Å². The monoisotopic (exact) mass is 314 g/mol. The normalized spacial score (nSPS) is 10.9. The Hall–Kier alpha value is -2.24. The largest absolute Gasteiger partial charge is 0.264 e. The molecule has 1 N–H and O–H groups in total. The summed E-state index contributed by atoms with van der Waals surface area (Å²) in [6.45, 7) is 0. The molecular formula is C15H11ClN4S. The second kappa shape index (κ2) is 6.47. The Balaban J connectivity index is 1.68. The molecule has 0 saturated heterocycles. The van der Waals surface area contributed by atoms with Crippen LogP contribution in [0.4, 0.5) is 5.13 Å². The van der Waals surface area contributed by atoms with Crippen molar-refractivity contribution in [3.63, 3.8) is 0 Å². The summed E-state index contributed by atoms with van der Waals surface area (Å²) < 4.78 is 0. The van der Waals surface area contributed by atoms with E-state index in [0.29, 0.717) is 5.02 Å². The molecule has 0 aliphatic heterocycles. The maximum Gasteiger partial charge on any atom is 0.203 e. The lowest BCUT2D eigenvalue weighted by molar-refractivity contribution is 1.28. The van der Waals surface area contributed by atoms with Crippen LogP contribution in [0.5, 0.6) is 0 Å². The number of rotatable bonds is 4. The van der Waals surface area contributed by atoms with Crippen LogP contribution in [-0.4, -0.2) is 16.2 Å². The number of hydrogen-bond acceptors (Lipinski definition) is 5. The summed E-state index contributed by atoms with van der Waals surface area (Å²) in [4.78, 5) is 8.49. The van der Waals surface area contributed by atoms with Crippen LogP contribution < -0.4 is 5.43 Å². The minimum absolute atomic E-state index is 0.716. The van der Waals surface area contributed by atoms with E-state index in [-0.39, 0.29) is 0 Å².